The van der Waals surface area contributed by atoms with Crippen molar-refractivity contribution in [2.75, 3.05) is 6.61 Å². The van der Waals surface area contributed by atoms with E-state index in [1.165, 1.54) is 6.07 Å². The topological polar surface area (TPSA) is 104 Å². The van der Waals surface area contributed by atoms with Crippen LogP contribution in [0.4, 0.5) is 0 Å². The van der Waals surface area contributed by atoms with Gasteiger partial charge in [0.1, 0.15) is 6.04 Å². The second-order valence-corrected chi connectivity index (χ2v) is 5.98. The number of sulfonamides is 1. The summed E-state index contributed by atoms with van der Waals surface area (Å²) >= 11 is 0. The molecular weight excluding hydrogens is 270 g/mol. The molecule has 0 aromatic heterocycles. The van der Waals surface area contributed by atoms with E-state index in [2.05, 4.69) is 4.72 Å². The van der Waals surface area contributed by atoms with Gasteiger partial charge in [-0.2, -0.15) is 4.72 Å². The van der Waals surface area contributed by atoms with Gasteiger partial charge in [0.15, 0.2) is 0 Å². The van der Waals surface area contributed by atoms with E-state index in [1.54, 1.807) is 26.0 Å². The fourth-order valence-electron chi connectivity index (χ4n) is 1.61. The smallest absolute Gasteiger partial charge is 0.321 e. The van der Waals surface area contributed by atoms with E-state index < -0.39 is 28.6 Å². The van der Waals surface area contributed by atoms with E-state index in [4.69, 9.17) is 10.2 Å². The van der Waals surface area contributed by atoms with Crippen molar-refractivity contribution >= 4 is 16.0 Å². The number of hydrogen-bond acceptors (Lipinski definition) is 4. The monoisotopic (exact) mass is 287 g/mol. The summed E-state index contributed by atoms with van der Waals surface area (Å²) in [6.07, 6.45) is -0.181. The third kappa shape index (κ3) is 4.02. The zero-order chi connectivity index (χ0) is 14.6. The Morgan fingerprint density at radius 1 is 1.37 bits per heavy atom. The minimum absolute atomic E-state index is 0.0525. The van der Waals surface area contributed by atoms with Crippen LogP contribution in [0.3, 0.4) is 0 Å². The lowest BCUT2D eigenvalue weighted by atomic mass is 10.2. The molecule has 0 amide bonds. The molecule has 106 valence electrons. The van der Waals surface area contributed by atoms with Gasteiger partial charge in [0.2, 0.25) is 10.0 Å². The highest BCUT2D eigenvalue weighted by molar-refractivity contribution is 7.89. The molecule has 0 fully saturated rings. The first-order valence-corrected chi connectivity index (χ1v) is 7.19. The third-order valence-corrected chi connectivity index (χ3v) is 4.26. The predicted molar refractivity (Wildman–Crippen MR) is 69.4 cm³/mol. The fourth-order valence-corrected chi connectivity index (χ4v) is 3.16. The average molecular weight is 287 g/mol. The molecule has 1 aromatic rings. The van der Waals surface area contributed by atoms with Crippen LogP contribution < -0.4 is 4.72 Å². The first-order valence-electron chi connectivity index (χ1n) is 5.71. The van der Waals surface area contributed by atoms with Gasteiger partial charge in [-0.05, 0) is 37.5 Å². The van der Waals surface area contributed by atoms with E-state index >= 15 is 0 Å². The van der Waals surface area contributed by atoms with E-state index in [0.717, 1.165) is 5.56 Å². The molecule has 0 saturated heterocycles. The quantitative estimate of drug-likeness (QED) is 0.703. The minimum Gasteiger partial charge on any atom is -0.480 e. The van der Waals surface area contributed by atoms with Gasteiger partial charge in [-0.25, -0.2) is 8.42 Å². The number of benzene rings is 1. The van der Waals surface area contributed by atoms with Gasteiger partial charge in [0.25, 0.3) is 0 Å². The van der Waals surface area contributed by atoms with Gasteiger partial charge >= 0.3 is 5.97 Å². The maximum Gasteiger partial charge on any atom is 0.321 e. The number of hydrogen-bond donors (Lipinski definition) is 3. The van der Waals surface area contributed by atoms with Crippen molar-refractivity contribution < 1.29 is 23.4 Å². The van der Waals surface area contributed by atoms with Crippen LogP contribution in [0.5, 0.6) is 0 Å². The number of aliphatic hydroxyl groups is 1. The Bertz CT molecular complexity index is 567. The zero-order valence-electron chi connectivity index (χ0n) is 10.8. The lowest BCUT2D eigenvalue weighted by molar-refractivity contribution is -0.139. The van der Waals surface area contributed by atoms with Crippen molar-refractivity contribution in [3.63, 3.8) is 0 Å². The molecule has 1 rings (SSSR count). The van der Waals surface area contributed by atoms with E-state index in [0.29, 0.717) is 5.56 Å². The highest BCUT2D eigenvalue weighted by atomic mass is 32.2. The lowest BCUT2D eigenvalue weighted by Gasteiger charge is -2.15. The number of carbonyl (C=O) groups is 1. The molecule has 0 aliphatic carbocycles. The molecule has 1 aromatic carbocycles. The van der Waals surface area contributed by atoms with Crippen LogP contribution in [0.15, 0.2) is 23.1 Å². The molecule has 7 heteroatoms. The Morgan fingerprint density at radius 3 is 2.53 bits per heavy atom. The number of aliphatic hydroxyl groups excluding tert-OH is 1. The van der Waals surface area contributed by atoms with Crippen LogP contribution in [0.25, 0.3) is 0 Å². The maximum atomic E-state index is 12.1. The van der Waals surface area contributed by atoms with Crippen LogP contribution in [-0.4, -0.2) is 37.2 Å². The molecule has 0 saturated carbocycles. The minimum atomic E-state index is -3.92. The van der Waals surface area contributed by atoms with Gasteiger partial charge in [-0.1, -0.05) is 12.1 Å². The summed E-state index contributed by atoms with van der Waals surface area (Å²) < 4.78 is 26.4. The van der Waals surface area contributed by atoms with Crippen molar-refractivity contribution in [2.45, 2.75) is 31.2 Å². The Morgan fingerprint density at radius 2 is 2.00 bits per heavy atom. The van der Waals surface area contributed by atoms with Crippen molar-refractivity contribution in [1.82, 2.24) is 4.72 Å². The zero-order valence-corrected chi connectivity index (χ0v) is 11.6. The molecule has 6 nitrogen and oxygen atoms in total. The van der Waals surface area contributed by atoms with E-state index in [1.807, 2.05) is 0 Å². The van der Waals surface area contributed by atoms with Crippen LogP contribution in [0.2, 0.25) is 0 Å². The third-order valence-electron chi connectivity index (χ3n) is 2.65. The summed E-state index contributed by atoms with van der Waals surface area (Å²) in [5, 5.41) is 17.7. The summed E-state index contributed by atoms with van der Waals surface area (Å²) in [7, 11) is -3.92. The van der Waals surface area contributed by atoms with Crippen molar-refractivity contribution in [2.24, 2.45) is 0 Å². The van der Waals surface area contributed by atoms with E-state index in [9.17, 15) is 13.2 Å². The second-order valence-electron chi connectivity index (χ2n) is 4.29. The Balaban J connectivity index is 3.10. The lowest BCUT2D eigenvalue weighted by Crippen LogP contribution is -2.41. The molecule has 0 aliphatic heterocycles. The molecule has 0 unspecified atom stereocenters. The SMILES string of the molecule is Cc1ccc(C)c(S(=O)(=O)N[C@H](CCO)C(=O)O)c1. The van der Waals surface area contributed by atoms with Gasteiger partial charge in [0.05, 0.1) is 4.90 Å². The number of nitrogens with one attached hydrogen (secondary N) is 1. The number of carboxylic acid groups (broad SMARTS) is 1. The van der Waals surface area contributed by atoms with Crippen molar-refractivity contribution in [3.05, 3.63) is 29.3 Å². The summed E-state index contributed by atoms with van der Waals surface area (Å²) in [5.74, 6) is -1.32. The van der Waals surface area contributed by atoms with Crippen LogP contribution >= 0.6 is 0 Å². The van der Waals surface area contributed by atoms with Crippen molar-refractivity contribution in [1.29, 1.82) is 0 Å². The molecule has 0 radical (unpaired) electrons. The Hall–Kier alpha value is -1.44. The Kier molecular flexibility index (Phi) is 5.04. The predicted octanol–water partition coefficient (Wildman–Crippen LogP) is 0.417. The maximum absolute atomic E-state index is 12.1. The number of aliphatic carboxylic acids is 1. The molecule has 0 aliphatic rings. The number of aryl methyl sites for hydroxylation is 2. The summed E-state index contributed by atoms with van der Waals surface area (Å²) in [5.41, 5.74) is 1.30. The van der Waals surface area contributed by atoms with E-state index in [-0.39, 0.29) is 11.3 Å². The fraction of sp³-hybridized carbons (Fsp3) is 0.417. The molecule has 0 spiro atoms. The van der Waals surface area contributed by atoms with Gasteiger partial charge in [0, 0.05) is 6.61 Å². The summed E-state index contributed by atoms with van der Waals surface area (Å²) in [6, 6.07) is 3.58. The van der Waals surface area contributed by atoms with Gasteiger partial charge in [-0.3, -0.25) is 4.79 Å². The molecular formula is C12H17NO5S. The second kappa shape index (κ2) is 6.14. The molecule has 19 heavy (non-hydrogen) atoms. The molecule has 0 heterocycles. The largest absolute Gasteiger partial charge is 0.480 e. The molecule has 0 bridgehead atoms. The molecule has 1 atom stereocenters. The molecule has 3 N–H and O–H groups in total. The highest BCUT2D eigenvalue weighted by Gasteiger charge is 2.26. The van der Waals surface area contributed by atoms with Crippen LogP contribution in [0, 0.1) is 13.8 Å². The van der Waals surface area contributed by atoms with Crippen molar-refractivity contribution in [3.8, 4) is 0 Å². The van der Waals surface area contributed by atoms with Gasteiger partial charge in [-0.15, -0.1) is 0 Å². The first kappa shape index (κ1) is 15.6. The van der Waals surface area contributed by atoms with Crippen LogP contribution in [0.1, 0.15) is 17.5 Å². The number of rotatable bonds is 6. The van der Waals surface area contributed by atoms with Gasteiger partial charge < -0.3 is 10.2 Å². The Labute approximate surface area is 112 Å². The summed E-state index contributed by atoms with van der Waals surface area (Å²) in [4.78, 5) is 11.0. The highest BCUT2D eigenvalue weighted by Crippen LogP contribution is 2.17. The number of carboxylic acids is 1. The normalized spacial score (nSPS) is 13.2. The standard InChI is InChI=1S/C12H17NO5S/c1-8-3-4-9(2)11(7-8)19(17,18)13-10(5-6-14)12(15)16/h3-4,7,10,13-14H,5-6H2,1-2H3,(H,15,16)/t10-/m1/s1. The van der Waals surface area contributed by atoms with Crippen LogP contribution in [-0.2, 0) is 14.8 Å². The first-order chi connectivity index (χ1) is 8.77. The summed E-state index contributed by atoms with van der Waals surface area (Å²) in [6.45, 7) is 2.98. The average Bonchev–Trinajstić information content (AvgIpc) is 2.31.